The number of nitrogens with one attached hydrogen (secondary N) is 1. The summed E-state index contributed by atoms with van der Waals surface area (Å²) in [6.07, 6.45) is 0.451. The van der Waals surface area contributed by atoms with Crippen LogP contribution in [0.25, 0.3) is 0 Å². The third kappa shape index (κ3) is 3.71. The van der Waals surface area contributed by atoms with E-state index in [0.717, 1.165) is 6.54 Å². The number of thiocarbonyl (C=S) groups is 1. The lowest BCUT2D eigenvalue weighted by Crippen LogP contribution is -2.28. The second kappa shape index (κ2) is 6.08. The quantitative estimate of drug-likeness (QED) is 0.804. The molecule has 1 saturated heterocycles. The van der Waals surface area contributed by atoms with Gasteiger partial charge in [-0.15, -0.1) is 0 Å². The minimum Gasteiger partial charge on any atom is -0.389 e. The van der Waals surface area contributed by atoms with E-state index in [1.54, 1.807) is 12.1 Å². The van der Waals surface area contributed by atoms with Crippen LogP contribution >= 0.6 is 12.2 Å². The lowest BCUT2D eigenvalue weighted by Gasteiger charge is -2.19. The molecule has 1 aromatic rings. The van der Waals surface area contributed by atoms with E-state index in [-0.39, 0.29) is 16.7 Å². The number of carbonyl (C=O) groups is 1. The molecule has 1 amide bonds. The molecule has 0 unspecified atom stereocenters. The van der Waals surface area contributed by atoms with Gasteiger partial charge in [0.1, 0.15) is 10.8 Å². The highest BCUT2D eigenvalue weighted by atomic mass is 32.1. The van der Waals surface area contributed by atoms with Gasteiger partial charge in [0.15, 0.2) is 0 Å². The fraction of sp³-hybridized carbons (Fsp3) is 0.385. The Morgan fingerprint density at radius 3 is 2.95 bits per heavy atom. The lowest BCUT2D eigenvalue weighted by molar-refractivity contribution is -0.120. The van der Waals surface area contributed by atoms with Crippen molar-refractivity contribution in [3.8, 4) is 0 Å². The Bertz CT molecular complexity index is 507. The van der Waals surface area contributed by atoms with Crippen LogP contribution in [0.1, 0.15) is 17.5 Å². The topological polar surface area (TPSA) is 58.4 Å². The van der Waals surface area contributed by atoms with E-state index in [0.29, 0.717) is 37.2 Å². The predicted octanol–water partition coefficient (Wildman–Crippen LogP) is 0.782. The number of amides is 1. The van der Waals surface area contributed by atoms with Crippen LogP contribution in [-0.4, -0.2) is 35.4 Å². The van der Waals surface area contributed by atoms with Gasteiger partial charge in [0.2, 0.25) is 5.91 Å². The maximum Gasteiger partial charge on any atom is 0.221 e. The van der Waals surface area contributed by atoms with Crippen molar-refractivity contribution >= 4 is 23.1 Å². The number of halogens is 1. The average Bonchev–Trinajstić information content (AvgIpc) is 2.57. The highest BCUT2D eigenvalue weighted by Gasteiger charge is 2.15. The summed E-state index contributed by atoms with van der Waals surface area (Å²) in [5.74, 6) is -0.263. The van der Waals surface area contributed by atoms with Gasteiger partial charge < -0.3 is 11.1 Å². The summed E-state index contributed by atoms with van der Waals surface area (Å²) in [7, 11) is 0. The van der Waals surface area contributed by atoms with Gasteiger partial charge in [-0.2, -0.15) is 0 Å². The van der Waals surface area contributed by atoms with Crippen molar-refractivity contribution in [3.63, 3.8) is 0 Å². The normalized spacial score (nSPS) is 16.8. The van der Waals surface area contributed by atoms with Gasteiger partial charge in [0.05, 0.1) is 0 Å². The smallest absolute Gasteiger partial charge is 0.221 e. The second-order valence-corrected chi connectivity index (χ2v) is 4.99. The van der Waals surface area contributed by atoms with Crippen molar-refractivity contribution in [2.24, 2.45) is 5.73 Å². The standard InChI is InChI=1S/C13H16FN3OS/c14-11-7-9(13(15)19)1-2-10(11)8-17-5-3-12(18)16-4-6-17/h1-2,7H,3-6,8H2,(H2,15,19)(H,16,18). The van der Waals surface area contributed by atoms with E-state index in [9.17, 15) is 9.18 Å². The molecule has 19 heavy (non-hydrogen) atoms. The Hall–Kier alpha value is -1.53. The molecule has 1 aliphatic heterocycles. The molecule has 0 aromatic heterocycles. The van der Waals surface area contributed by atoms with Gasteiger partial charge in [-0.05, 0) is 6.07 Å². The molecule has 0 aliphatic carbocycles. The molecule has 4 nitrogen and oxygen atoms in total. The van der Waals surface area contributed by atoms with Crippen molar-refractivity contribution in [3.05, 3.63) is 35.1 Å². The van der Waals surface area contributed by atoms with E-state index in [1.807, 2.05) is 0 Å². The van der Waals surface area contributed by atoms with Crippen LogP contribution < -0.4 is 11.1 Å². The fourth-order valence-corrected chi connectivity index (χ4v) is 2.17. The number of nitrogens with two attached hydrogens (primary N) is 1. The van der Waals surface area contributed by atoms with E-state index in [4.69, 9.17) is 18.0 Å². The SMILES string of the molecule is NC(=S)c1ccc(CN2CCNC(=O)CC2)c(F)c1. The molecule has 0 spiro atoms. The van der Waals surface area contributed by atoms with E-state index in [1.165, 1.54) is 6.07 Å². The molecule has 6 heteroatoms. The van der Waals surface area contributed by atoms with Gasteiger partial charge in [-0.3, -0.25) is 9.69 Å². The first kappa shape index (κ1) is 13.9. The number of rotatable bonds is 3. The Morgan fingerprint density at radius 2 is 2.26 bits per heavy atom. The zero-order valence-electron chi connectivity index (χ0n) is 10.5. The molecule has 3 N–H and O–H groups in total. The lowest BCUT2D eigenvalue weighted by atomic mass is 10.1. The Morgan fingerprint density at radius 1 is 1.47 bits per heavy atom. The zero-order valence-corrected chi connectivity index (χ0v) is 11.3. The summed E-state index contributed by atoms with van der Waals surface area (Å²) >= 11 is 4.81. The maximum atomic E-state index is 13.9. The van der Waals surface area contributed by atoms with Crippen molar-refractivity contribution in [1.29, 1.82) is 0 Å². The Balaban J connectivity index is 2.06. The molecule has 102 valence electrons. The third-order valence-electron chi connectivity index (χ3n) is 3.14. The Labute approximate surface area is 116 Å². The minimum absolute atomic E-state index is 0.0480. The molecule has 0 radical (unpaired) electrons. The molecule has 0 atom stereocenters. The number of benzene rings is 1. The largest absolute Gasteiger partial charge is 0.389 e. The molecular formula is C13H16FN3OS. The summed E-state index contributed by atoms with van der Waals surface area (Å²) in [6.45, 7) is 2.45. The first-order valence-corrected chi connectivity index (χ1v) is 6.54. The zero-order chi connectivity index (χ0) is 13.8. The molecule has 1 aliphatic rings. The van der Waals surface area contributed by atoms with Gasteiger partial charge in [0.25, 0.3) is 0 Å². The summed E-state index contributed by atoms with van der Waals surface area (Å²) < 4.78 is 13.9. The molecule has 0 saturated carbocycles. The number of nitrogens with zero attached hydrogens (tertiary/aromatic N) is 1. The minimum atomic E-state index is -0.311. The van der Waals surface area contributed by atoms with E-state index in [2.05, 4.69) is 10.2 Å². The van der Waals surface area contributed by atoms with E-state index < -0.39 is 0 Å². The molecule has 1 heterocycles. The fourth-order valence-electron chi connectivity index (χ4n) is 2.04. The number of hydrogen-bond donors (Lipinski definition) is 2. The molecule has 2 rings (SSSR count). The first-order chi connectivity index (χ1) is 9.06. The maximum absolute atomic E-state index is 13.9. The van der Waals surface area contributed by atoms with Crippen molar-refractivity contribution < 1.29 is 9.18 Å². The second-order valence-electron chi connectivity index (χ2n) is 4.55. The van der Waals surface area contributed by atoms with Crippen LogP contribution in [0.2, 0.25) is 0 Å². The summed E-state index contributed by atoms with van der Waals surface area (Å²) in [5.41, 5.74) is 6.58. The summed E-state index contributed by atoms with van der Waals surface area (Å²) in [5, 5.41) is 2.79. The number of carbonyl (C=O) groups excluding carboxylic acids is 1. The predicted molar refractivity (Wildman–Crippen MR) is 75.2 cm³/mol. The van der Waals surface area contributed by atoms with E-state index >= 15 is 0 Å². The molecule has 1 aromatic carbocycles. The molecule has 0 bridgehead atoms. The Kier molecular flexibility index (Phi) is 4.44. The van der Waals surface area contributed by atoms with Crippen LogP contribution in [0.4, 0.5) is 4.39 Å². The van der Waals surface area contributed by atoms with Crippen LogP contribution in [0.5, 0.6) is 0 Å². The molecular weight excluding hydrogens is 265 g/mol. The highest BCUT2D eigenvalue weighted by Crippen LogP contribution is 2.13. The number of hydrogen-bond acceptors (Lipinski definition) is 3. The third-order valence-corrected chi connectivity index (χ3v) is 3.37. The first-order valence-electron chi connectivity index (χ1n) is 6.13. The van der Waals surface area contributed by atoms with Crippen molar-refractivity contribution in [1.82, 2.24) is 10.2 Å². The van der Waals surface area contributed by atoms with Crippen molar-refractivity contribution in [2.75, 3.05) is 19.6 Å². The van der Waals surface area contributed by atoms with Crippen LogP contribution in [0.3, 0.4) is 0 Å². The van der Waals surface area contributed by atoms with Gasteiger partial charge >= 0.3 is 0 Å². The van der Waals surface area contributed by atoms with Crippen LogP contribution in [-0.2, 0) is 11.3 Å². The average molecular weight is 281 g/mol. The van der Waals surface area contributed by atoms with Crippen LogP contribution in [0.15, 0.2) is 18.2 Å². The van der Waals surface area contributed by atoms with Gasteiger partial charge in [-0.1, -0.05) is 24.4 Å². The summed E-state index contributed by atoms with van der Waals surface area (Å²) in [4.78, 5) is 13.5. The van der Waals surface area contributed by atoms with Crippen molar-refractivity contribution in [2.45, 2.75) is 13.0 Å². The summed E-state index contributed by atoms with van der Waals surface area (Å²) in [6, 6.07) is 4.78. The molecule has 1 fully saturated rings. The van der Waals surface area contributed by atoms with Gasteiger partial charge in [0, 0.05) is 43.7 Å². The van der Waals surface area contributed by atoms with Crippen LogP contribution in [0, 0.1) is 5.82 Å². The highest BCUT2D eigenvalue weighted by molar-refractivity contribution is 7.80. The van der Waals surface area contributed by atoms with Gasteiger partial charge in [-0.25, -0.2) is 4.39 Å². The monoisotopic (exact) mass is 281 g/mol.